The summed E-state index contributed by atoms with van der Waals surface area (Å²) in [6.45, 7) is 0. The maximum Gasteiger partial charge on any atom is 0.155 e. The van der Waals surface area contributed by atoms with Crippen molar-refractivity contribution in [1.29, 1.82) is 0 Å². The molecule has 0 amide bonds. The van der Waals surface area contributed by atoms with Gasteiger partial charge in [0.05, 0.1) is 6.20 Å². The quantitative estimate of drug-likeness (QED) is 0.569. The molecule has 2 aromatic rings. The van der Waals surface area contributed by atoms with Crippen LogP contribution in [-0.2, 0) is 0 Å². The summed E-state index contributed by atoms with van der Waals surface area (Å²) in [7, 11) is 0. The molecular formula is C8H4ClN3. The maximum absolute atomic E-state index is 5.66. The summed E-state index contributed by atoms with van der Waals surface area (Å²) >= 11 is 5.66. The standard InChI is InChI=1S/C8H4ClN3/c1-2-6-3-4-8-10-7(9)5-12(8)11-6/h1,3-5H. The number of imidazole rings is 1. The van der Waals surface area contributed by atoms with Crippen molar-refractivity contribution in [3.05, 3.63) is 29.2 Å². The molecule has 2 aromatic heterocycles. The Balaban J connectivity index is 2.77. The number of fused-ring (bicyclic) bond motifs is 1. The Morgan fingerprint density at radius 3 is 3.08 bits per heavy atom. The van der Waals surface area contributed by atoms with Gasteiger partial charge < -0.3 is 0 Å². The van der Waals surface area contributed by atoms with Crippen LogP contribution in [0.4, 0.5) is 0 Å². The van der Waals surface area contributed by atoms with Crippen LogP contribution >= 0.6 is 11.6 Å². The normalized spacial score (nSPS) is 10.0. The average molecular weight is 178 g/mol. The van der Waals surface area contributed by atoms with E-state index in [4.69, 9.17) is 18.0 Å². The van der Waals surface area contributed by atoms with Gasteiger partial charge in [-0.3, -0.25) is 0 Å². The first-order valence-corrected chi connectivity index (χ1v) is 3.66. The second kappa shape index (κ2) is 2.50. The summed E-state index contributed by atoms with van der Waals surface area (Å²) in [5.74, 6) is 2.43. The summed E-state index contributed by atoms with van der Waals surface area (Å²) in [6.07, 6.45) is 6.78. The molecule has 0 spiro atoms. The molecule has 0 atom stereocenters. The monoisotopic (exact) mass is 177 g/mol. The van der Waals surface area contributed by atoms with Crippen LogP contribution in [0.1, 0.15) is 5.69 Å². The van der Waals surface area contributed by atoms with Gasteiger partial charge in [0.25, 0.3) is 0 Å². The summed E-state index contributed by atoms with van der Waals surface area (Å²) in [6, 6.07) is 3.49. The van der Waals surface area contributed by atoms with Gasteiger partial charge >= 0.3 is 0 Å². The Labute approximate surface area is 74.0 Å². The zero-order chi connectivity index (χ0) is 8.55. The van der Waals surface area contributed by atoms with Gasteiger partial charge in [-0.1, -0.05) is 11.6 Å². The van der Waals surface area contributed by atoms with Crippen molar-refractivity contribution in [2.24, 2.45) is 0 Å². The van der Waals surface area contributed by atoms with Crippen LogP contribution in [0.15, 0.2) is 18.3 Å². The smallest absolute Gasteiger partial charge is 0.155 e. The van der Waals surface area contributed by atoms with E-state index in [2.05, 4.69) is 16.0 Å². The Morgan fingerprint density at radius 1 is 1.50 bits per heavy atom. The predicted molar refractivity (Wildman–Crippen MR) is 45.9 cm³/mol. The molecule has 2 heterocycles. The van der Waals surface area contributed by atoms with Crippen molar-refractivity contribution in [3.63, 3.8) is 0 Å². The lowest BCUT2D eigenvalue weighted by atomic mass is 10.4. The summed E-state index contributed by atoms with van der Waals surface area (Å²) in [5, 5.41) is 4.46. The molecule has 0 aromatic carbocycles. The highest BCUT2D eigenvalue weighted by Gasteiger charge is 1.99. The molecule has 0 aliphatic heterocycles. The van der Waals surface area contributed by atoms with Crippen LogP contribution in [0.25, 0.3) is 5.65 Å². The second-order valence-electron chi connectivity index (χ2n) is 2.23. The van der Waals surface area contributed by atoms with E-state index >= 15 is 0 Å². The number of hydrogen-bond acceptors (Lipinski definition) is 2. The Bertz CT molecular complexity index is 467. The highest BCUT2D eigenvalue weighted by atomic mass is 35.5. The SMILES string of the molecule is C#Cc1ccc2nc(Cl)cn2n1. The average Bonchev–Trinajstić information content (AvgIpc) is 2.43. The van der Waals surface area contributed by atoms with Crippen molar-refractivity contribution in [2.45, 2.75) is 0 Å². The lowest BCUT2D eigenvalue weighted by Gasteiger charge is -1.91. The highest BCUT2D eigenvalue weighted by molar-refractivity contribution is 6.29. The molecule has 0 saturated heterocycles. The van der Waals surface area contributed by atoms with Crippen molar-refractivity contribution in [2.75, 3.05) is 0 Å². The minimum absolute atomic E-state index is 0.414. The first-order chi connectivity index (χ1) is 5.79. The lowest BCUT2D eigenvalue weighted by molar-refractivity contribution is 0.924. The fourth-order valence-corrected chi connectivity index (χ4v) is 1.11. The minimum atomic E-state index is 0.414. The van der Waals surface area contributed by atoms with E-state index in [1.807, 2.05) is 0 Å². The number of aromatic nitrogens is 3. The van der Waals surface area contributed by atoms with Crippen LogP contribution in [-0.4, -0.2) is 14.6 Å². The minimum Gasteiger partial charge on any atom is -0.218 e. The number of hydrogen-bond donors (Lipinski definition) is 0. The van der Waals surface area contributed by atoms with Crippen LogP contribution in [0.5, 0.6) is 0 Å². The third kappa shape index (κ3) is 1.03. The Kier molecular flexibility index (Phi) is 1.49. The van der Waals surface area contributed by atoms with E-state index in [0.717, 1.165) is 0 Å². The molecule has 12 heavy (non-hydrogen) atoms. The molecule has 2 rings (SSSR count). The van der Waals surface area contributed by atoms with E-state index in [-0.39, 0.29) is 0 Å². The van der Waals surface area contributed by atoms with Gasteiger partial charge in [0.15, 0.2) is 5.65 Å². The topological polar surface area (TPSA) is 30.2 Å². The number of terminal acetylenes is 1. The zero-order valence-corrected chi connectivity index (χ0v) is 6.78. The third-order valence-corrected chi connectivity index (χ3v) is 1.62. The second-order valence-corrected chi connectivity index (χ2v) is 2.62. The van der Waals surface area contributed by atoms with Crippen molar-refractivity contribution < 1.29 is 0 Å². The first-order valence-electron chi connectivity index (χ1n) is 3.28. The van der Waals surface area contributed by atoms with Gasteiger partial charge in [-0.2, -0.15) is 5.10 Å². The Hall–Kier alpha value is -1.53. The van der Waals surface area contributed by atoms with E-state index in [1.54, 1.807) is 22.8 Å². The fourth-order valence-electron chi connectivity index (χ4n) is 0.930. The van der Waals surface area contributed by atoms with Crippen molar-refractivity contribution >= 4 is 17.2 Å². The zero-order valence-electron chi connectivity index (χ0n) is 6.03. The Morgan fingerprint density at radius 2 is 2.33 bits per heavy atom. The van der Waals surface area contributed by atoms with Crippen LogP contribution in [0.2, 0.25) is 5.15 Å². The molecule has 0 bridgehead atoms. The molecule has 3 nitrogen and oxygen atoms in total. The van der Waals surface area contributed by atoms with Crippen LogP contribution in [0.3, 0.4) is 0 Å². The van der Waals surface area contributed by atoms with Gasteiger partial charge in [-0.05, 0) is 18.1 Å². The van der Waals surface area contributed by atoms with Gasteiger partial charge in [-0.25, -0.2) is 9.50 Å². The van der Waals surface area contributed by atoms with Crippen molar-refractivity contribution in [3.8, 4) is 12.3 Å². The largest absolute Gasteiger partial charge is 0.218 e. The van der Waals surface area contributed by atoms with E-state index in [9.17, 15) is 0 Å². The third-order valence-electron chi connectivity index (χ3n) is 1.44. The molecule has 0 N–H and O–H groups in total. The van der Waals surface area contributed by atoms with E-state index in [1.165, 1.54) is 0 Å². The van der Waals surface area contributed by atoms with Gasteiger partial charge in [0, 0.05) is 0 Å². The fraction of sp³-hybridized carbons (Fsp3) is 0. The molecule has 0 aliphatic carbocycles. The lowest BCUT2D eigenvalue weighted by Crippen LogP contribution is -1.92. The molecule has 0 radical (unpaired) electrons. The summed E-state index contributed by atoms with van der Waals surface area (Å²) in [4.78, 5) is 3.99. The molecule has 0 fully saturated rings. The number of rotatable bonds is 0. The van der Waals surface area contributed by atoms with Crippen LogP contribution < -0.4 is 0 Å². The molecule has 0 aliphatic rings. The van der Waals surface area contributed by atoms with Gasteiger partial charge in [0.1, 0.15) is 10.8 Å². The molecule has 4 heteroatoms. The molecular weight excluding hydrogens is 174 g/mol. The number of nitrogens with zero attached hydrogens (tertiary/aromatic N) is 3. The van der Waals surface area contributed by atoms with Gasteiger partial charge in [-0.15, -0.1) is 6.42 Å². The van der Waals surface area contributed by atoms with Crippen molar-refractivity contribution in [1.82, 2.24) is 14.6 Å². The molecule has 58 valence electrons. The van der Waals surface area contributed by atoms with Crippen LogP contribution in [0, 0.1) is 12.3 Å². The first kappa shape index (κ1) is 7.14. The van der Waals surface area contributed by atoms with E-state index < -0.39 is 0 Å². The maximum atomic E-state index is 5.66. The number of halogens is 1. The molecule has 0 unspecified atom stereocenters. The summed E-state index contributed by atoms with van der Waals surface area (Å²) in [5.41, 5.74) is 1.26. The molecule has 0 saturated carbocycles. The highest BCUT2D eigenvalue weighted by Crippen LogP contribution is 2.08. The van der Waals surface area contributed by atoms with E-state index in [0.29, 0.717) is 16.5 Å². The predicted octanol–water partition coefficient (Wildman–Crippen LogP) is 1.36. The summed E-state index contributed by atoms with van der Waals surface area (Å²) < 4.78 is 1.55. The van der Waals surface area contributed by atoms with Gasteiger partial charge in [0.2, 0.25) is 0 Å².